The number of thiocarbonyl (C=S) groups is 1. The van der Waals surface area contributed by atoms with Crippen molar-refractivity contribution in [3.8, 4) is 5.75 Å². The lowest BCUT2D eigenvalue weighted by atomic mass is 10.1. The molecule has 144 valence electrons. The molecular formula is C15H21N3O6S2. The van der Waals surface area contributed by atoms with Crippen molar-refractivity contribution in [2.45, 2.75) is 23.7 Å². The molecular weight excluding hydrogens is 382 g/mol. The van der Waals surface area contributed by atoms with Crippen LogP contribution in [0.5, 0.6) is 5.75 Å². The van der Waals surface area contributed by atoms with Crippen molar-refractivity contribution in [1.29, 1.82) is 0 Å². The summed E-state index contributed by atoms with van der Waals surface area (Å²) in [6, 6.07) is 6.95. The highest BCUT2D eigenvalue weighted by atomic mass is 32.2. The summed E-state index contributed by atoms with van der Waals surface area (Å²) in [5.74, 6) is 0.408. The normalized spacial score (nSPS) is 20.4. The van der Waals surface area contributed by atoms with Crippen molar-refractivity contribution in [2.75, 3.05) is 24.8 Å². The molecule has 2 rings (SSSR count). The number of carbonyl (C=O) groups is 1. The minimum Gasteiger partial charge on any atom is -0.497 e. The highest BCUT2D eigenvalue weighted by Crippen LogP contribution is 2.28. The first-order chi connectivity index (χ1) is 12.4. The highest BCUT2D eigenvalue weighted by Gasteiger charge is 2.42. The Hall–Kier alpha value is -1.63. The summed E-state index contributed by atoms with van der Waals surface area (Å²) in [5, 5.41) is 41.7. The van der Waals surface area contributed by atoms with E-state index in [0.717, 1.165) is 16.8 Å². The largest absolute Gasteiger partial charge is 0.497 e. The first-order valence-corrected chi connectivity index (χ1v) is 9.13. The highest BCUT2D eigenvalue weighted by molar-refractivity contribution is 8.01. The second-order valence-electron chi connectivity index (χ2n) is 5.49. The second-order valence-corrected chi connectivity index (χ2v) is 7.00. The van der Waals surface area contributed by atoms with Crippen LogP contribution in [0.2, 0.25) is 0 Å². The number of hydrogen-bond acceptors (Lipinski definition) is 8. The predicted octanol–water partition coefficient (Wildman–Crippen LogP) is -1.13. The number of benzene rings is 1. The van der Waals surface area contributed by atoms with Gasteiger partial charge in [0.15, 0.2) is 5.11 Å². The number of thioether (sulfide) groups is 1. The van der Waals surface area contributed by atoms with Crippen LogP contribution in [-0.4, -0.2) is 79.6 Å². The minimum absolute atomic E-state index is 0.0712. The lowest BCUT2D eigenvalue weighted by molar-refractivity contribution is -0.135. The lowest BCUT2D eigenvalue weighted by Gasteiger charge is -2.32. The summed E-state index contributed by atoms with van der Waals surface area (Å²) in [7, 11) is 1.55. The molecule has 0 aromatic heterocycles. The van der Waals surface area contributed by atoms with Gasteiger partial charge in [-0.25, -0.2) is 5.01 Å². The second kappa shape index (κ2) is 9.35. The third kappa shape index (κ3) is 4.96. The van der Waals surface area contributed by atoms with E-state index in [1.54, 1.807) is 31.4 Å². The van der Waals surface area contributed by atoms with Gasteiger partial charge in [0.25, 0.3) is 5.91 Å². The summed E-state index contributed by atoms with van der Waals surface area (Å²) in [6.45, 7) is -0.714. The molecule has 4 atom stereocenters. The Bertz CT molecular complexity index is 632. The fourth-order valence-corrected chi connectivity index (χ4v) is 3.61. The monoisotopic (exact) mass is 403 g/mol. The summed E-state index contributed by atoms with van der Waals surface area (Å²) in [6.07, 6.45) is -4.62. The maximum Gasteiger partial charge on any atom is 0.252 e. The van der Waals surface area contributed by atoms with Gasteiger partial charge in [-0.15, -0.1) is 11.8 Å². The van der Waals surface area contributed by atoms with Crippen LogP contribution in [0.15, 0.2) is 24.3 Å². The van der Waals surface area contributed by atoms with Crippen LogP contribution >= 0.6 is 24.0 Å². The number of hydrogen-bond donors (Lipinski definition) is 6. The van der Waals surface area contributed by atoms with Gasteiger partial charge in [0, 0.05) is 5.69 Å². The molecule has 0 bridgehead atoms. The molecule has 1 heterocycles. The SMILES string of the molecule is COc1ccc(NC(=S)NN2C(=O)CSC2[C@H](O)[C@@H](O)[C@H](O)CO)cc1. The number of aliphatic hydroxyl groups is 4. The molecule has 1 saturated heterocycles. The van der Waals surface area contributed by atoms with E-state index in [4.69, 9.17) is 22.1 Å². The Kier molecular flexibility index (Phi) is 7.43. The molecule has 0 aliphatic carbocycles. The Morgan fingerprint density at radius 1 is 1.38 bits per heavy atom. The number of nitrogens with zero attached hydrogens (tertiary/aromatic N) is 1. The molecule has 6 N–H and O–H groups in total. The van der Waals surface area contributed by atoms with Crippen molar-refractivity contribution >= 4 is 40.7 Å². The first-order valence-electron chi connectivity index (χ1n) is 7.67. The van der Waals surface area contributed by atoms with Crippen molar-refractivity contribution in [1.82, 2.24) is 10.4 Å². The number of ether oxygens (including phenoxy) is 1. The minimum atomic E-state index is -1.61. The zero-order chi connectivity index (χ0) is 19.3. The molecule has 1 aromatic carbocycles. The van der Waals surface area contributed by atoms with Crippen molar-refractivity contribution < 1.29 is 30.0 Å². The van der Waals surface area contributed by atoms with Crippen LogP contribution in [0.1, 0.15) is 0 Å². The number of methoxy groups -OCH3 is 1. The molecule has 1 aliphatic rings. The zero-order valence-electron chi connectivity index (χ0n) is 13.9. The smallest absolute Gasteiger partial charge is 0.252 e. The average Bonchev–Trinajstić information content (AvgIpc) is 3.00. The van der Waals surface area contributed by atoms with Gasteiger partial charge in [0.05, 0.1) is 19.5 Å². The number of hydrazine groups is 1. The van der Waals surface area contributed by atoms with Gasteiger partial charge < -0.3 is 30.5 Å². The van der Waals surface area contributed by atoms with Crippen LogP contribution in [0, 0.1) is 0 Å². The average molecular weight is 403 g/mol. The van der Waals surface area contributed by atoms with Crippen LogP contribution in [0.4, 0.5) is 5.69 Å². The number of carbonyl (C=O) groups excluding carboxylic acids is 1. The van der Waals surface area contributed by atoms with Gasteiger partial charge in [-0.2, -0.15) is 0 Å². The molecule has 1 amide bonds. The van der Waals surface area contributed by atoms with Crippen molar-refractivity contribution in [3.05, 3.63) is 24.3 Å². The van der Waals surface area contributed by atoms with Crippen LogP contribution in [0.3, 0.4) is 0 Å². The van der Waals surface area contributed by atoms with Crippen molar-refractivity contribution in [3.63, 3.8) is 0 Å². The van der Waals surface area contributed by atoms with Gasteiger partial charge in [-0.05, 0) is 36.5 Å². The third-order valence-corrected chi connectivity index (χ3v) is 5.13. The number of amides is 1. The zero-order valence-corrected chi connectivity index (χ0v) is 15.5. The van der Waals surface area contributed by atoms with E-state index < -0.39 is 30.3 Å². The maximum absolute atomic E-state index is 12.1. The molecule has 1 unspecified atom stereocenters. The van der Waals surface area contributed by atoms with E-state index >= 15 is 0 Å². The number of nitrogens with one attached hydrogen (secondary N) is 2. The molecule has 26 heavy (non-hydrogen) atoms. The van der Waals surface area contributed by atoms with Gasteiger partial charge in [0.2, 0.25) is 0 Å². The Labute approximate surface area is 159 Å². The maximum atomic E-state index is 12.1. The van der Waals surface area contributed by atoms with E-state index in [-0.39, 0.29) is 16.8 Å². The molecule has 0 radical (unpaired) electrons. The summed E-state index contributed by atoms with van der Waals surface area (Å²) >= 11 is 6.26. The first kappa shape index (κ1) is 20.7. The quantitative estimate of drug-likeness (QED) is 0.311. The predicted molar refractivity (Wildman–Crippen MR) is 101 cm³/mol. The Morgan fingerprint density at radius 3 is 2.62 bits per heavy atom. The van der Waals surface area contributed by atoms with Crippen molar-refractivity contribution in [2.24, 2.45) is 0 Å². The molecule has 11 heteroatoms. The van der Waals surface area contributed by atoms with E-state index in [0.29, 0.717) is 11.4 Å². The standard InChI is InChI=1S/C15H21N3O6S2/c1-24-9-4-2-8(3-5-9)16-15(25)17-18-11(21)7-26-14(18)13(23)12(22)10(20)6-19/h2-5,10,12-14,19-20,22-23H,6-7H2,1H3,(H2,16,17,25)/t10-,12+,13-,14?/m1/s1. The third-order valence-electron chi connectivity index (χ3n) is 3.69. The topological polar surface area (TPSA) is 135 Å². The van der Waals surface area contributed by atoms with Gasteiger partial charge in [-0.3, -0.25) is 10.2 Å². The number of rotatable bonds is 7. The molecule has 1 aromatic rings. The summed E-state index contributed by atoms with van der Waals surface area (Å²) < 4.78 is 5.07. The lowest BCUT2D eigenvalue weighted by Crippen LogP contribution is -2.56. The van der Waals surface area contributed by atoms with Crippen LogP contribution in [-0.2, 0) is 4.79 Å². The van der Waals surface area contributed by atoms with E-state index in [1.165, 1.54) is 0 Å². The molecule has 0 spiro atoms. The van der Waals surface area contributed by atoms with E-state index in [1.807, 2.05) is 0 Å². The fraction of sp³-hybridized carbons (Fsp3) is 0.467. The molecule has 9 nitrogen and oxygen atoms in total. The Morgan fingerprint density at radius 2 is 2.04 bits per heavy atom. The van der Waals surface area contributed by atoms with E-state index in [2.05, 4.69) is 10.7 Å². The van der Waals surface area contributed by atoms with Crippen LogP contribution < -0.4 is 15.5 Å². The van der Waals surface area contributed by atoms with Gasteiger partial charge >= 0.3 is 0 Å². The number of anilines is 1. The Balaban J connectivity index is 2.00. The fourth-order valence-electron chi connectivity index (χ4n) is 2.27. The molecule has 1 aliphatic heterocycles. The molecule has 1 fully saturated rings. The van der Waals surface area contributed by atoms with Gasteiger partial charge in [0.1, 0.15) is 29.4 Å². The van der Waals surface area contributed by atoms with E-state index in [9.17, 15) is 20.1 Å². The number of aliphatic hydroxyl groups excluding tert-OH is 4. The summed E-state index contributed by atoms with van der Waals surface area (Å²) in [4.78, 5) is 12.1. The molecule has 0 saturated carbocycles. The summed E-state index contributed by atoms with van der Waals surface area (Å²) in [5.41, 5.74) is 3.35. The van der Waals surface area contributed by atoms with Crippen LogP contribution in [0.25, 0.3) is 0 Å². The van der Waals surface area contributed by atoms with Gasteiger partial charge in [-0.1, -0.05) is 0 Å².